The van der Waals surface area contributed by atoms with Crippen LogP contribution in [-0.2, 0) is 9.53 Å². The lowest BCUT2D eigenvalue weighted by molar-refractivity contribution is -0.143. The van der Waals surface area contributed by atoms with E-state index in [1.807, 2.05) is 48.7 Å². The van der Waals surface area contributed by atoms with Gasteiger partial charge in [0.15, 0.2) is 0 Å². The molecule has 0 aliphatic rings. The molecule has 0 amide bonds. The van der Waals surface area contributed by atoms with Crippen molar-refractivity contribution in [2.45, 2.75) is 24.8 Å². The number of rotatable bonds is 4. The van der Waals surface area contributed by atoms with E-state index in [4.69, 9.17) is 4.74 Å². The first kappa shape index (κ1) is 11.9. The molecule has 1 aromatic rings. The SMILES string of the molecule is CC(=O)O[C@@H](C)C=CSc1ccccc1. The number of hydrogen-bond donors (Lipinski definition) is 0. The second kappa shape index (κ2) is 6.30. The molecule has 0 radical (unpaired) electrons. The van der Waals surface area contributed by atoms with E-state index < -0.39 is 0 Å². The van der Waals surface area contributed by atoms with Gasteiger partial charge in [-0.25, -0.2) is 0 Å². The van der Waals surface area contributed by atoms with E-state index in [0.29, 0.717) is 0 Å². The van der Waals surface area contributed by atoms with Crippen LogP contribution in [-0.4, -0.2) is 12.1 Å². The summed E-state index contributed by atoms with van der Waals surface area (Å²) in [5.74, 6) is -0.253. The van der Waals surface area contributed by atoms with Crippen LogP contribution in [0.15, 0.2) is 46.7 Å². The Hall–Kier alpha value is -1.22. The smallest absolute Gasteiger partial charge is 0.303 e. The van der Waals surface area contributed by atoms with E-state index in [1.165, 1.54) is 11.8 Å². The number of hydrogen-bond acceptors (Lipinski definition) is 3. The zero-order valence-electron chi connectivity index (χ0n) is 8.84. The Bertz CT molecular complexity index is 333. The van der Waals surface area contributed by atoms with Gasteiger partial charge in [-0.2, -0.15) is 0 Å². The monoisotopic (exact) mass is 222 g/mol. The number of ether oxygens (including phenoxy) is 1. The molecule has 15 heavy (non-hydrogen) atoms. The molecule has 0 heterocycles. The van der Waals surface area contributed by atoms with Gasteiger partial charge in [0.1, 0.15) is 6.10 Å². The number of thioether (sulfide) groups is 1. The molecule has 80 valence electrons. The average molecular weight is 222 g/mol. The first-order chi connectivity index (χ1) is 7.18. The van der Waals surface area contributed by atoms with Crippen LogP contribution in [0.1, 0.15) is 13.8 Å². The van der Waals surface area contributed by atoms with Crippen molar-refractivity contribution in [2.75, 3.05) is 0 Å². The highest BCUT2D eigenvalue weighted by molar-refractivity contribution is 8.02. The number of esters is 1. The molecule has 0 aromatic heterocycles. The molecular formula is C12H14O2S. The third kappa shape index (κ3) is 5.27. The highest BCUT2D eigenvalue weighted by Gasteiger charge is 1.99. The van der Waals surface area contributed by atoms with E-state index in [2.05, 4.69) is 0 Å². The summed E-state index contributed by atoms with van der Waals surface area (Å²) < 4.78 is 4.95. The summed E-state index contributed by atoms with van der Waals surface area (Å²) in [6.07, 6.45) is 1.69. The lowest BCUT2D eigenvalue weighted by Crippen LogP contribution is -2.08. The highest BCUT2D eigenvalue weighted by atomic mass is 32.2. The summed E-state index contributed by atoms with van der Waals surface area (Å²) in [5.41, 5.74) is 0. The minimum atomic E-state index is -0.253. The van der Waals surface area contributed by atoms with E-state index >= 15 is 0 Å². The fraction of sp³-hybridized carbons (Fsp3) is 0.250. The van der Waals surface area contributed by atoms with Crippen molar-refractivity contribution in [3.8, 4) is 0 Å². The van der Waals surface area contributed by atoms with Crippen molar-refractivity contribution in [3.05, 3.63) is 41.8 Å². The molecule has 2 nitrogen and oxygen atoms in total. The van der Waals surface area contributed by atoms with Gasteiger partial charge in [0.25, 0.3) is 0 Å². The molecule has 0 aliphatic heterocycles. The average Bonchev–Trinajstić information content (AvgIpc) is 2.18. The van der Waals surface area contributed by atoms with Crippen LogP contribution < -0.4 is 0 Å². The van der Waals surface area contributed by atoms with Gasteiger partial charge in [0.2, 0.25) is 0 Å². The van der Waals surface area contributed by atoms with Crippen LogP contribution in [0.2, 0.25) is 0 Å². The molecule has 0 spiro atoms. The molecule has 0 unspecified atom stereocenters. The minimum Gasteiger partial charge on any atom is -0.459 e. The molecule has 0 saturated heterocycles. The molecule has 1 atom stereocenters. The lowest BCUT2D eigenvalue weighted by atomic mass is 10.4. The van der Waals surface area contributed by atoms with Crippen LogP contribution in [0, 0.1) is 0 Å². The maximum Gasteiger partial charge on any atom is 0.303 e. The van der Waals surface area contributed by atoms with Gasteiger partial charge in [-0.3, -0.25) is 4.79 Å². The Balaban J connectivity index is 2.36. The molecule has 0 saturated carbocycles. The second-order valence-corrected chi connectivity index (χ2v) is 4.05. The Morgan fingerprint density at radius 2 is 2.07 bits per heavy atom. The Morgan fingerprint density at radius 3 is 2.67 bits per heavy atom. The van der Waals surface area contributed by atoms with Gasteiger partial charge in [-0.1, -0.05) is 30.0 Å². The summed E-state index contributed by atoms with van der Waals surface area (Å²) in [4.78, 5) is 11.8. The molecule has 1 aromatic carbocycles. The van der Waals surface area contributed by atoms with E-state index in [9.17, 15) is 4.79 Å². The van der Waals surface area contributed by atoms with Crippen molar-refractivity contribution in [1.29, 1.82) is 0 Å². The summed E-state index contributed by atoms with van der Waals surface area (Å²) in [7, 11) is 0. The number of carbonyl (C=O) groups is 1. The first-order valence-corrected chi connectivity index (χ1v) is 5.62. The predicted molar refractivity (Wildman–Crippen MR) is 62.7 cm³/mol. The third-order valence-corrected chi connectivity index (χ3v) is 2.49. The summed E-state index contributed by atoms with van der Waals surface area (Å²) in [6, 6.07) is 10.0. The van der Waals surface area contributed by atoms with Crippen molar-refractivity contribution >= 4 is 17.7 Å². The van der Waals surface area contributed by atoms with Gasteiger partial charge in [0.05, 0.1) is 0 Å². The fourth-order valence-electron chi connectivity index (χ4n) is 1.03. The molecule has 0 N–H and O–H groups in total. The lowest BCUT2D eigenvalue weighted by Gasteiger charge is -2.05. The standard InChI is InChI=1S/C12H14O2S/c1-10(14-11(2)13)8-9-15-12-6-4-3-5-7-12/h3-10H,1-2H3/t10-/m0/s1. The maximum atomic E-state index is 10.6. The second-order valence-electron chi connectivity index (χ2n) is 3.07. The van der Waals surface area contributed by atoms with Crippen LogP contribution in [0.25, 0.3) is 0 Å². The zero-order chi connectivity index (χ0) is 11.1. The van der Waals surface area contributed by atoms with E-state index in [1.54, 1.807) is 11.8 Å². The van der Waals surface area contributed by atoms with Crippen LogP contribution in [0.5, 0.6) is 0 Å². The van der Waals surface area contributed by atoms with Crippen molar-refractivity contribution in [2.24, 2.45) is 0 Å². The van der Waals surface area contributed by atoms with Crippen LogP contribution in [0.4, 0.5) is 0 Å². The first-order valence-electron chi connectivity index (χ1n) is 4.74. The van der Waals surface area contributed by atoms with Gasteiger partial charge in [0, 0.05) is 11.8 Å². The Labute approximate surface area is 94.3 Å². The quantitative estimate of drug-likeness (QED) is 0.578. The predicted octanol–water partition coefficient (Wildman–Crippen LogP) is 3.24. The highest BCUT2D eigenvalue weighted by Crippen LogP contribution is 2.18. The number of benzene rings is 1. The normalized spacial score (nSPS) is 12.7. The van der Waals surface area contributed by atoms with Crippen molar-refractivity contribution in [3.63, 3.8) is 0 Å². The Kier molecular flexibility index (Phi) is 4.98. The summed E-state index contributed by atoms with van der Waals surface area (Å²) in [6.45, 7) is 3.25. The maximum absolute atomic E-state index is 10.6. The third-order valence-electron chi connectivity index (χ3n) is 1.65. The summed E-state index contributed by atoms with van der Waals surface area (Å²) >= 11 is 1.60. The van der Waals surface area contributed by atoms with Crippen LogP contribution >= 0.6 is 11.8 Å². The van der Waals surface area contributed by atoms with E-state index in [0.717, 1.165) is 0 Å². The Morgan fingerprint density at radius 1 is 1.40 bits per heavy atom. The molecule has 0 aliphatic carbocycles. The van der Waals surface area contributed by atoms with Gasteiger partial charge < -0.3 is 4.74 Å². The number of carbonyl (C=O) groups excluding carboxylic acids is 1. The summed E-state index contributed by atoms with van der Waals surface area (Å²) in [5, 5.41) is 1.93. The fourth-order valence-corrected chi connectivity index (χ4v) is 1.80. The topological polar surface area (TPSA) is 26.3 Å². The zero-order valence-corrected chi connectivity index (χ0v) is 9.66. The molecule has 0 bridgehead atoms. The largest absolute Gasteiger partial charge is 0.459 e. The molecular weight excluding hydrogens is 208 g/mol. The van der Waals surface area contributed by atoms with Crippen LogP contribution in [0.3, 0.4) is 0 Å². The van der Waals surface area contributed by atoms with E-state index in [-0.39, 0.29) is 12.1 Å². The van der Waals surface area contributed by atoms with Gasteiger partial charge in [-0.15, -0.1) is 0 Å². The van der Waals surface area contributed by atoms with Crippen molar-refractivity contribution < 1.29 is 9.53 Å². The molecule has 0 fully saturated rings. The molecule has 1 rings (SSSR count). The van der Waals surface area contributed by atoms with Gasteiger partial charge >= 0.3 is 5.97 Å². The van der Waals surface area contributed by atoms with Crippen molar-refractivity contribution in [1.82, 2.24) is 0 Å². The molecule has 3 heteroatoms. The minimum absolute atomic E-state index is 0.168. The van der Waals surface area contributed by atoms with Gasteiger partial charge in [-0.05, 0) is 30.5 Å².